The molecule has 0 atom stereocenters. The van der Waals surface area contributed by atoms with E-state index >= 15 is 0 Å². The third kappa shape index (κ3) is 5.91. The van der Waals surface area contributed by atoms with Crippen LogP contribution in [0.1, 0.15) is 5.56 Å². The molecule has 0 aliphatic rings. The van der Waals surface area contributed by atoms with Crippen molar-refractivity contribution < 1.29 is 0 Å². The average molecular weight is 813 g/mol. The number of hydrogen-bond acceptors (Lipinski definition) is 1. The molecule has 2 heterocycles. The first-order valence-electron chi connectivity index (χ1n) is 22.1. The second-order valence-electron chi connectivity index (χ2n) is 17.2. The smallest absolute Gasteiger partial charge is 0.0730 e. The van der Waals surface area contributed by atoms with E-state index in [9.17, 15) is 0 Å². The van der Waals surface area contributed by atoms with E-state index in [2.05, 4.69) is 236 Å². The molecule has 298 valence electrons. The number of benzene rings is 11. The van der Waals surface area contributed by atoms with Gasteiger partial charge in [-0.1, -0.05) is 175 Å². The molecule has 2 nitrogen and oxygen atoms in total. The lowest BCUT2D eigenvalue weighted by Gasteiger charge is -2.15. The second-order valence-corrected chi connectivity index (χ2v) is 17.2. The van der Waals surface area contributed by atoms with Gasteiger partial charge in [-0.25, -0.2) is 4.98 Å². The number of aromatic nitrogens is 2. The molecule has 0 saturated heterocycles. The summed E-state index contributed by atoms with van der Waals surface area (Å²) in [5, 5.41) is 14.8. The van der Waals surface area contributed by atoms with Crippen LogP contribution < -0.4 is 0 Å². The lowest BCUT2D eigenvalue weighted by Crippen LogP contribution is -1.98. The summed E-state index contributed by atoms with van der Waals surface area (Å²) in [6.45, 7) is 2.15. The van der Waals surface area contributed by atoms with E-state index in [1.165, 1.54) is 92.5 Å². The summed E-state index contributed by atoms with van der Waals surface area (Å²) in [5.41, 5.74) is 13.5. The van der Waals surface area contributed by atoms with Gasteiger partial charge in [0.2, 0.25) is 0 Å². The van der Waals surface area contributed by atoms with Crippen molar-refractivity contribution in [2.75, 3.05) is 0 Å². The van der Waals surface area contributed by atoms with Gasteiger partial charge in [-0.2, -0.15) is 0 Å². The number of hydrogen-bond donors (Lipinski definition) is 0. The summed E-state index contributed by atoms with van der Waals surface area (Å²) in [5.74, 6) is 0. The normalized spacial score (nSPS) is 11.8. The van der Waals surface area contributed by atoms with Crippen molar-refractivity contribution in [3.63, 3.8) is 0 Å². The summed E-state index contributed by atoms with van der Waals surface area (Å²) < 4.78 is 2.48. The molecule has 2 heteroatoms. The maximum Gasteiger partial charge on any atom is 0.0730 e. The van der Waals surface area contributed by atoms with Gasteiger partial charge in [0.05, 0.1) is 28.1 Å². The largest absolute Gasteiger partial charge is 0.309 e. The Labute approximate surface area is 370 Å². The Morgan fingerprint density at radius 2 is 0.750 bits per heavy atom. The molecule has 0 amide bonds. The van der Waals surface area contributed by atoms with Crippen molar-refractivity contribution >= 4 is 75.7 Å². The quantitative estimate of drug-likeness (QED) is 0.158. The van der Waals surface area contributed by atoms with Gasteiger partial charge in [0.15, 0.2) is 0 Å². The van der Waals surface area contributed by atoms with E-state index in [-0.39, 0.29) is 0 Å². The highest BCUT2D eigenvalue weighted by atomic mass is 15.0. The molecule has 0 radical (unpaired) electrons. The molecule has 0 unspecified atom stereocenters. The Kier molecular flexibility index (Phi) is 8.16. The van der Waals surface area contributed by atoms with Gasteiger partial charge in [0.1, 0.15) is 0 Å². The Morgan fingerprint density at radius 1 is 0.281 bits per heavy atom. The highest BCUT2D eigenvalue weighted by molar-refractivity contribution is 6.29. The van der Waals surface area contributed by atoms with Gasteiger partial charge in [-0.15, -0.1) is 0 Å². The maximum absolute atomic E-state index is 5.46. The third-order valence-electron chi connectivity index (χ3n) is 13.4. The Morgan fingerprint density at radius 3 is 1.41 bits per heavy atom. The molecule has 0 spiro atoms. The minimum absolute atomic E-state index is 0.934. The number of fused-ring (bicyclic) bond motifs is 11. The number of aryl methyl sites for hydroxylation is 1. The molecule has 2 aromatic heterocycles. The number of rotatable bonds is 5. The number of pyridine rings is 1. The molecule has 64 heavy (non-hydrogen) atoms. The molecule has 0 bridgehead atoms. The molecular weight excluding hydrogens is 773 g/mol. The minimum atomic E-state index is 0.934. The molecule has 13 aromatic rings. The van der Waals surface area contributed by atoms with Crippen LogP contribution in [0.2, 0.25) is 0 Å². The van der Waals surface area contributed by atoms with E-state index in [0.717, 1.165) is 39.2 Å². The summed E-state index contributed by atoms with van der Waals surface area (Å²) in [7, 11) is 0. The van der Waals surface area contributed by atoms with Gasteiger partial charge in [-0.05, 0) is 138 Å². The van der Waals surface area contributed by atoms with Gasteiger partial charge in [0.25, 0.3) is 0 Å². The zero-order valence-corrected chi connectivity index (χ0v) is 35.3. The maximum atomic E-state index is 5.46. The van der Waals surface area contributed by atoms with Gasteiger partial charge in [-0.3, -0.25) is 0 Å². The predicted octanol–water partition coefficient (Wildman–Crippen LogP) is 16.9. The summed E-state index contributed by atoms with van der Waals surface area (Å²) >= 11 is 0. The van der Waals surface area contributed by atoms with E-state index in [1.807, 2.05) is 0 Å². The topological polar surface area (TPSA) is 17.8 Å². The Hall–Kier alpha value is -8.33. The van der Waals surface area contributed by atoms with Gasteiger partial charge >= 0.3 is 0 Å². The van der Waals surface area contributed by atoms with E-state index < -0.39 is 0 Å². The van der Waals surface area contributed by atoms with Crippen LogP contribution in [-0.2, 0) is 0 Å². The van der Waals surface area contributed by atoms with Crippen molar-refractivity contribution in [1.82, 2.24) is 9.55 Å². The lowest BCUT2D eigenvalue weighted by atomic mass is 9.91. The molecule has 0 aliphatic carbocycles. The van der Waals surface area contributed by atoms with E-state index in [0.29, 0.717) is 0 Å². The number of nitrogens with zero attached hydrogens (tertiary/aromatic N) is 2. The fourth-order valence-corrected chi connectivity index (χ4v) is 10.1. The highest BCUT2D eigenvalue weighted by Gasteiger charge is 2.20. The minimum Gasteiger partial charge on any atom is -0.309 e. The zero-order chi connectivity index (χ0) is 42.3. The lowest BCUT2D eigenvalue weighted by molar-refractivity contribution is 1.16. The predicted molar refractivity (Wildman–Crippen MR) is 273 cm³/mol. The van der Waals surface area contributed by atoms with Crippen molar-refractivity contribution in [2.24, 2.45) is 0 Å². The molecule has 0 fully saturated rings. The molecule has 0 saturated carbocycles. The molecule has 0 aliphatic heterocycles. The van der Waals surface area contributed by atoms with Crippen LogP contribution in [0.15, 0.2) is 224 Å². The molecule has 0 N–H and O–H groups in total. The van der Waals surface area contributed by atoms with Crippen LogP contribution >= 0.6 is 0 Å². The summed E-state index contributed by atoms with van der Waals surface area (Å²) in [4.78, 5) is 5.46. The first kappa shape index (κ1) is 36.3. The van der Waals surface area contributed by atoms with Crippen molar-refractivity contribution in [2.45, 2.75) is 6.92 Å². The van der Waals surface area contributed by atoms with Gasteiger partial charge < -0.3 is 4.57 Å². The van der Waals surface area contributed by atoms with Crippen LogP contribution in [0.4, 0.5) is 0 Å². The molecule has 11 aromatic carbocycles. The SMILES string of the molecule is Cc1ccc(-c2ccc3c(c2)c2ccccc2c2cc4c(cc32)c2cc(-c3ccccc3)ccc2n4-c2cc(-c3ccc4ccccc4c3)nc(-c3ccc4ccccc4c3)c2)cc1. The van der Waals surface area contributed by atoms with E-state index in [1.54, 1.807) is 0 Å². The standard InChI is InChI=1S/C62H40N2/c1-39-19-21-43(22-20-39)46-27-29-53-54(33-46)51-17-9-10-18-52(51)56-38-62-58(37-55(53)56)57-34-47(40-11-3-2-4-12-40)28-30-61(57)64(62)50-35-59(48-25-23-41-13-5-7-15-44(41)31-48)63-60(36-50)49-26-24-42-14-6-8-16-45(42)32-49/h2-38H,1H3. The monoisotopic (exact) mass is 812 g/mol. The summed E-state index contributed by atoms with van der Waals surface area (Å²) in [6, 6.07) is 82.6. The van der Waals surface area contributed by atoms with E-state index in [4.69, 9.17) is 4.98 Å². The fraction of sp³-hybridized carbons (Fsp3) is 0.0161. The van der Waals surface area contributed by atoms with Crippen LogP contribution in [-0.4, -0.2) is 9.55 Å². The highest BCUT2D eigenvalue weighted by Crippen LogP contribution is 2.43. The van der Waals surface area contributed by atoms with Crippen LogP contribution in [0.5, 0.6) is 0 Å². The second kappa shape index (κ2) is 14.4. The fourth-order valence-electron chi connectivity index (χ4n) is 10.1. The average Bonchev–Trinajstić information content (AvgIpc) is 3.68. The van der Waals surface area contributed by atoms with Crippen molar-refractivity contribution in [1.29, 1.82) is 0 Å². The van der Waals surface area contributed by atoms with Crippen LogP contribution in [0, 0.1) is 6.92 Å². The molecular formula is C62H40N2. The van der Waals surface area contributed by atoms with Gasteiger partial charge in [0, 0.05) is 21.9 Å². The first-order valence-corrected chi connectivity index (χ1v) is 22.1. The third-order valence-corrected chi connectivity index (χ3v) is 13.4. The Balaban J connectivity index is 1.12. The van der Waals surface area contributed by atoms with Crippen LogP contribution in [0.25, 0.3) is 126 Å². The summed E-state index contributed by atoms with van der Waals surface area (Å²) in [6.07, 6.45) is 0. The Bertz CT molecular complexity index is 3910. The first-order chi connectivity index (χ1) is 31.6. The molecule has 13 rings (SSSR count). The van der Waals surface area contributed by atoms with Crippen molar-refractivity contribution in [3.05, 3.63) is 230 Å². The zero-order valence-electron chi connectivity index (χ0n) is 35.3. The van der Waals surface area contributed by atoms with Crippen molar-refractivity contribution in [3.8, 4) is 50.5 Å². The van der Waals surface area contributed by atoms with Crippen LogP contribution in [0.3, 0.4) is 0 Å².